The van der Waals surface area contributed by atoms with E-state index in [-0.39, 0.29) is 11.8 Å². The number of anilines is 2. The summed E-state index contributed by atoms with van der Waals surface area (Å²) in [7, 11) is 4.11. The van der Waals surface area contributed by atoms with E-state index in [1.54, 1.807) is 12.1 Å². The Kier molecular flexibility index (Phi) is 6.52. The Morgan fingerprint density at radius 1 is 1.00 bits per heavy atom. The van der Waals surface area contributed by atoms with E-state index in [1.807, 2.05) is 54.6 Å². The van der Waals surface area contributed by atoms with Crippen molar-refractivity contribution in [2.45, 2.75) is 13.0 Å². The van der Waals surface area contributed by atoms with E-state index in [4.69, 9.17) is 0 Å². The molecular formula is C26H28N4O2. The van der Waals surface area contributed by atoms with Gasteiger partial charge in [-0.15, -0.1) is 0 Å². The van der Waals surface area contributed by atoms with Crippen molar-refractivity contribution in [3.63, 3.8) is 0 Å². The second-order valence-electron chi connectivity index (χ2n) is 8.18. The molecule has 164 valence electrons. The van der Waals surface area contributed by atoms with E-state index in [0.29, 0.717) is 23.4 Å². The fourth-order valence-corrected chi connectivity index (χ4v) is 3.90. The third kappa shape index (κ3) is 4.81. The van der Waals surface area contributed by atoms with Crippen molar-refractivity contribution in [1.82, 2.24) is 10.2 Å². The van der Waals surface area contributed by atoms with Gasteiger partial charge in [-0.1, -0.05) is 36.4 Å². The van der Waals surface area contributed by atoms with Gasteiger partial charge in [0, 0.05) is 24.3 Å². The van der Waals surface area contributed by atoms with Crippen molar-refractivity contribution in [1.29, 1.82) is 0 Å². The van der Waals surface area contributed by atoms with Gasteiger partial charge >= 0.3 is 0 Å². The maximum absolute atomic E-state index is 12.9. The Morgan fingerprint density at radius 3 is 2.47 bits per heavy atom. The molecule has 3 aromatic rings. The lowest BCUT2D eigenvalue weighted by Crippen LogP contribution is -2.17. The van der Waals surface area contributed by atoms with Crippen LogP contribution in [-0.2, 0) is 6.54 Å². The van der Waals surface area contributed by atoms with E-state index in [0.717, 1.165) is 41.9 Å². The Labute approximate surface area is 188 Å². The summed E-state index contributed by atoms with van der Waals surface area (Å²) in [4.78, 5) is 27.5. The number of fused-ring (bicyclic) bond motifs is 1. The minimum atomic E-state index is -0.237. The van der Waals surface area contributed by atoms with Gasteiger partial charge in [-0.3, -0.25) is 9.59 Å². The summed E-state index contributed by atoms with van der Waals surface area (Å²) in [6, 6.07) is 21.1. The van der Waals surface area contributed by atoms with Gasteiger partial charge in [0.1, 0.15) is 0 Å². The number of nitrogens with zero attached hydrogens (tertiary/aromatic N) is 1. The third-order valence-electron chi connectivity index (χ3n) is 5.56. The fraction of sp³-hybridized carbons (Fsp3) is 0.231. The Bertz CT molecular complexity index is 1110. The van der Waals surface area contributed by atoms with Crippen LogP contribution >= 0.6 is 0 Å². The molecular weight excluding hydrogens is 400 g/mol. The second-order valence-corrected chi connectivity index (χ2v) is 8.18. The SMILES string of the molecule is CN(C)CCCNc1ccc(C(=O)Nc2ccc(-c3ccccc3)c3c2C(=O)NC3)cc1. The van der Waals surface area contributed by atoms with E-state index >= 15 is 0 Å². The van der Waals surface area contributed by atoms with Crippen LogP contribution in [-0.4, -0.2) is 43.9 Å². The van der Waals surface area contributed by atoms with Crippen LogP contribution in [0.2, 0.25) is 0 Å². The molecule has 4 rings (SSSR count). The smallest absolute Gasteiger partial charge is 0.255 e. The van der Waals surface area contributed by atoms with Crippen LogP contribution in [0.15, 0.2) is 66.7 Å². The van der Waals surface area contributed by atoms with Gasteiger partial charge in [-0.05, 0) is 74.1 Å². The van der Waals surface area contributed by atoms with Crippen LogP contribution in [0.5, 0.6) is 0 Å². The summed E-state index contributed by atoms with van der Waals surface area (Å²) in [5.41, 5.74) is 5.56. The van der Waals surface area contributed by atoms with E-state index in [2.05, 4.69) is 34.9 Å². The molecule has 32 heavy (non-hydrogen) atoms. The molecule has 3 N–H and O–H groups in total. The van der Waals surface area contributed by atoms with E-state index in [9.17, 15) is 9.59 Å². The molecule has 0 radical (unpaired) electrons. The highest BCUT2D eigenvalue weighted by molar-refractivity contribution is 6.11. The molecule has 0 saturated heterocycles. The molecule has 2 amide bonds. The molecule has 0 saturated carbocycles. The van der Waals surface area contributed by atoms with Crippen LogP contribution in [0.1, 0.15) is 32.7 Å². The highest BCUT2D eigenvalue weighted by Gasteiger charge is 2.26. The number of rotatable bonds is 8. The largest absolute Gasteiger partial charge is 0.385 e. The molecule has 1 aliphatic rings. The quantitative estimate of drug-likeness (QED) is 0.470. The normalized spacial score (nSPS) is 12.4. The summed E-state index contributed by atoms with van der Waals surface area (Å²) in [5, 5.41) is 9.18. The Hall–Kier alpha value is -3.64. The van der Waals surface area contributed by atoms with Crippen molar-refractivity contribution in [2.75, 3.05) is 37.8 Å². The molecule has 6 nitrogen and oxygen atoms in total. The molecule has 3 aromatic carbocycles. The standard InChI is InChI=1S/C26H28N4O2/c1-30(2)16-6-15-27-20-11-9-19(10-12-20)25(31)29-23-14-13-21(18-7-4-3-5-8-18)22-17-28-26(32)24(22)23/h3-5,7-14,27H,6,15-17H2,1-2H3,(H,28,32)(H,29,31). The molecule has 0 spiro atoms. The molecule has 0 aliphatic carbocycles. The van der Waals surface area contributed by atoms with Gasteiger partial charge in [0.05, 0.1) is 11.3 Å². The van der Waals surface area contributed by atoms with Crippen LogP contribution in [0, 0.1) is 0 Å². The number of hydrogen-bond acceptors (Lipinski definition) is 4. The minimum absolute atomic E-state index is 0.162. The molecule has 0 bridgehead atoms. The monoisotopic (exact) mass is 428 g/mol. The van der Waals surface area contributed by atoms with Gasteiger partial charge < -0.3 is 20.9 Å². The number of amides is 2. The van der Waals surface area contributed by atoms with Gasteiger partial charge in [0.2, 0.25) is 0 Å². The summed E-state index contributed by atoms with van der Waals surface area (Å²) < 4.78 is 0. The number of benzene rings is 3. The maximum atomic E-state index is 12.9. The zero-order valence-corrected chi connectivity index (χ0v) is 18.4. The number of hydrogen-bond donors (Lipinski definition) is 3. The van der Waals surface area contributed by atoms with Crippen molar-refractivity contribution in [3.05, 3.63) is 83.4 Å². The van der Waals surface area contributed by atoms with Crippen molar-refractivity contribution < 1.29 is 9.59 Å². The molecule has 1 heterocycles. The Balaban J connectivity index is 1.48. The van der Waals surface area contributed by atoms with Gasteiger partial charge in [-0.2, -0.15) is 0 Å². The first-order valence-electron chi connectivity index (χ1n) is 10.8. The van der Waals surface area contributed by atoms with Crippen LogP contribution < -0.4 is 16.0 Å². The lowest BCUT2D eigenvalue weighted by atomic mass is 9.95. The first-order chi connectivity index (χ1) is 15.5. The predicted octanol–water partition coefficient (Wildman–Crippen LogP) is 4.21. The summed E-state index contributed by atoms with van der Waals surface area (Å²) in [6.45, 7) is 2.35. The zero-order valence-electron chi connectivity index (χ0n) is 18.4. The predicted molar refractivity (Wildman–Crippen MR) is 129 cm³/mol. The molecule has 0 atom stereocenters. The van der Waals surface area contributed by atoms with Crippen molar-refractivity contribution >= 4 is 23.2 Å². The first kappa shape index (κ1) is 21.6. The van der Waals surface area contributed by atoms with Crippen molar-refractivity contribution in [2.24, 2.45) is 0 Å². The van der Waals surface area contributed by atoms with E-state index in [1.165, 1.54) is 0 Å². The number of nitrogens with one attached hydrogen (secondary N) is 3. The highest BCUT2D eigenvalue weighted by atomic mass is 16.2. The van der Waals surface area contributed by atoms with Crippen LogP contribution in [0.25, 0.3) is 11.1 Å². The second kappa shape index (κ2) is 9.66. The Morgan fingerprint density at radius 2 is 1.75 bits per heavy atom. The van der Waals surface area contributed by atoms with Crippen LogP contribution in [0.4, 0.5) is 11.4 Å². The number of carbonyl (C=O) groups is 2. The topological polar surface area (TPSA) is 73.5 Å². The first-order valence-corrected chi connectivity index (χ1v) is 10.8. The maximum Gasteiger partial charge on any atom is 0.255 e. The van der Waals surface area contributed by atoms with Gasteiger partial charge in [-0.25, -0.2) is 0 Å². The highest BCUT2D eigenvalue weighted by Crippen LogP contribution is 2.34. The average Bonchev–Trinajstić information content (AvgIpc) is 3.20. The van der Waals surface area contributed by atoms with E-state index < -0.39 is 0 Å². The molecule has 1 aliphatic heterocycles. The summed E-state index contributed by atoms with van der Waals surface area (Å²) >= 11 is 0. The molecule has 6 heteroatoms. The lowest BCUT2D eigenvalue weighted by Gasteiger charge is -2.13. The fourth-order valence-electron chi connectivity index (χ4n) is 3.90. The van der Waals surface area contributed by atoms with Crippen LogP contribution in [0.3, 0.4) is 0 Å². The average molecular weight is 429 g/mol. The molecule has 0 unspecified atom stereocenters. The summed E-state index contributed by atoms with van der Waals surface area (Å²) in [6.07, 6.45) is 1.04. The molecule has 0 fully saturated rings. The lowest BCUT2D eigenvalue weighted by molar-refractivity contribution is 0.0966. The molecule has 0 aromatic heterocycles. The van der Waals surface area contributed by atoms with Gasteiger partial charge in [0.15, 0.2) is 0 Å². The number of carbonyl (C=O) groups excluding carboxylic acids is 2. The summed E-state index contributed by atoms with van der Waals surface area (Å²) in [5.74, 6) is -0.399. The minimum Gasteiger partial charge on any atom is -0.385 e. The zero-order chi connectivity index (χ0) is 22.5. The van der Waals surface area contributed by atoms with Crippen molar-refractivity contribution in [3.8, 4) is 11.1 Å². The third-order valence-corrected chi connectivity index (χ3v) is 5.56. The van der Waals surface area contributed by atoms with Gasteiger partial charge in [0.25, 0.3) is 11.8 Å².